The second-order valence-electron chi connectivity index (χ2n) is 5.07. The lowest BCUT2D eigenvalue weighted by atomic mass is 10.0. The van der Waals surface area contributed by atoms with Gasteiger partial charge in [-0.25, -0.2) is 0 Å². The Kier molecular flexibility index (Phi) is 3.20. The van der Waals surface area contributed by atoms with Crippen molar-refractivity contribution in [3.05, 3.63) is 34.9 Å². The van der Waals surface area contributed by atoms with Crippen LogP contribution in [-0.2, 0) is 0 Å². The van der Waals surface area contributed by atoms with Crippen molar-refractivity contribution in [3.63, 3.8) is 0 Å². The first kappa shape index (κ1) is 12.1. The first-order valence-electron chi connectivity index (χ1n) is 6.03. The molecule has 1 aliphatic heterocycles. The van der Waals surface area contributed by atoms with E-state index in [1.54, 1.807) is 4.90 Å². The van der Waals surface area contributed by atoms with Crippen molar-refractivity contribution in [2.75, 3.05) is 13.1 Å². The Bertz CT molecular complexity index is 432. The summed E-state index contributed by atoms with van der Waals surface area (Å²) in [5, 5.41) is 9.69. The van der Waals surface area contributed by atoms with Crippen LogP contribution < -0.4 is 0 Å². The highest BCUT2D eigenvalue weighted by molar-refractivity contribution is 5.96. The van der Waals surface area contributed by atoms with Crippen LogP contribution >= 0.6 is 0 Å². The number of aliphatic hydroxyl groups excluding tert-OH is 1. The molecular weight excluding hydrogens is 214 g/mol. The number of rotatable bonds is 1. The predicted molar refractivity (Wildman–Crippen MR) is 67.0 cm³/mol. The highest BCUT2D eigenvalue weighted by atomic mass is 16.3. The van der Waals surface area contributed by atoms with Crippen molar-refractivity contribution in [1.29, 1.82) is 0 Å². The number of hydrogen-bond donors (Lipinski definition) is 1. The summed E-state index contributed by atoms with van der Waals surface area (Å²) in [6, 6.07) is 5.90. The quantitative estimate of drug-likeness (QED) is 0.803. The minimum absolute atomic E-state index is 0.0367. The highest BCUT2D eigenvalue weighted by Gasteiger charge is 2.31. The van der Waals surface area contributed by atoms with Gasteiger partial charge in [0.25, 0.3) is 5.91 Å². The van der Waals surface area contributed by atoms with Gasteiger partial charge in [-0.3, -0.25) is 4.79 Å². The molecule has 1 amide bonds. The van der Waals surface area contributed by atoms with Gasteiger partial charge in [-0.2, -0.15) is 0 Å². The monoisotopic (exact) mass is 233 g/mol. The molecule has 3 heteroatoms. The van der Waals surface area contributed by atoms with Crippen molar-refractivity contribution in [2.45, 2.75) is 26.9 Å². The molecule has 2 rings (SSSR count). The second-order valence-corrected chi connectivity index (χ2v) is 5.07. The Morgan fingerprint density at radius 3 is 2.65 bits per heavy atom. The number of carbonyl (C=O) groups excluding carboxylic acids is 1. The van der Waals surface area contributed by atoms with Crippen LogP contribution in [0.5, 0.6) is 0 Å². The van der Waals surface area contributed by atoms with Gasteiger partial charge in [-0.1, -0.05) is 24.6 Å². The Morgan fingerprint density at radius 2 is 2.06 bits per heavy atom. The van der Waals surface area contributed by atoms with E-state index in [0.717, 1.165) is 16.7 Å². The van der Waals surface area contributed by atoms with Gasteiger partial charge < -0.3 is 10.0 Å². The molecule has 0 saturated carbocycles. The molecule has 0 aromatic heterocycles. The predicted octanol–water partition coefficient (Wildman–Crippen LogP) is 1.76. The van der Waals surface area contributed by atoms with Crippen LogP contribution in [0, 0.1) is 19.8 Å². The third-order valence-electron chi connectivity index (χ3n) is 3.48. The van der Waals surface area contributed by atoms with E-state index in [-0.39, 0.29) is 17.9 Å². The minimum atomic E-state index is -0.385. The number of β-amino-alcohol motifs (C(OH)–C–C–N with tert-alkyl or cyclic N) is 1. The third kappa shape index (κ3) is 2.34. The Morgan fingerprint density at radius 1 is 1.35 bits per heavy atom. The molecule has 17 heavy (non-hydrogen) atoms. The molecule has 0 aliphatic carbocycles. The number of nitrogens with zero attached hydrogens (tertiary/aromatic N) is 1. The topological polar surface area (TPSA) is 40.5 Å². The smallest absolute Gasteiger partial charge is 0.254 e. The van der Waals surface area contributed by atoms with Gasteiger partial charge >= 0.3 is 0 Å². The van der Waals surface area contributed by atoms with Gasteiger partial charge in [-0.05, 0) is 25.5 Å². The van der Waals surface area contributed by atoms with Gasteiger partial charge in [0.2, 0.25) is 0 Å². The lowest BCUT2D eigenvalue weighted by Crippen LogP contribution is -2.30. The van der Waals surface area contributed by atoms with E-state index in [2.05, 4.69) is 0 Å². The number of carbonyl (C=O) groups is 1. The average Bonchev–Trinajstić information content (AvgIpc) is 2.62. The van der Waals surface area contributed by atoms with Gasteiger partial charge in [0.05, 0.1) is 6.10 Å². The fourth-order valence-corrected chi connectivity index (χ4v) is 2.25. The molecule has 0 unspecified atom stereocenters. The van der Waals surface area contributed by atoms with Crippen molar-refractivity contribution < 1.29 is 9.90 Å². The van der Waals surface area contributed by atoms with Gasteiger partial charge in [0.15, 0.2) is 0 Å². The Hall–Kier alpha value is -1.35. The molecule has 1 heterocycles. The van der Waals surface area contributed by atoms with Crippen LogP contribution in [0.3, 0.4) is 0 Å². The first-order chi connectivity index (χ1) is 7.99. The van der Waals surface area contributed by atoms with Gasteiger partial charge in [0, 0.05) is 24.6 Å². The van der Waals surface area contributed by atoms with E-state index in [1.807, 2.05) is 39.0 Å². The maximum Gasteiger partial charge on any atom is 0.254 e. The zero-order valence-corrected chi connectivity index (χ0v) is 10.6. The summed E-state index contributed by atoms with van der Waals surface area (Å²) in [4.78, 5) is 14.1. The molecule has 1 aliphatic rings. The highest BCUT2D eigenvalue weighted by Crippen LogP contribution is 2.20. The van der Waals surface area contributed by atoms with Crippen molar-refractivity contribution in [3.8, 4) is 0 Å². The molecule has 1 fully saturated rings. The molecule has 1 aromatic carbocycles. The SMILES string of the molecule is Cc1ccc(C)c(C(=O)N2C[C@@H](C)[C@H](O)C2)c1. The van der Waals surface area contributed by atoms with Crippen LogP contribution in [0.15, 0.2) is 18.2 Å². The normalized spacial score (nSPS) is 24.1. The van der Waals surface area contributed by atoms with Crippen LogP contribution in [-0.4, -0.2) is 35.1 Å². The van der Waals surface area contributed by atoms with Crippen molar-refractivity contribution in [2.24, 2.45) is 5.92 Å². The minimum Gasteiger partial charge on any atom is -0.391 e. The van der Waals surface area contributed by atoms with Crippen LogP contribution in [0.1, 0.15) is 28.4 Å². The van der Waals surface area contributed by atoms with E-state index in [4.69, 9.17) is 0 Å². The molecule has 1 aromatic rings. The van der Waals surface area contributed by atoms with E-state index in [0.29, 0.717) is 13.1 Å². The fourth-order valence-electron chi connectivity index (χ4n) is 2.25. The standard InChI is InChI=1S/C14H19NO2/c1-9-4-5-10(2)12(6-9)14(17)15-7-11(3)13(16)8-15/h4-6,11,13,16H,7-8H2,1-3H3/t11-,13-/m1/s1. The molecule has 2 atom stereocenters. The van der Waals surface area contributed by atoms with E-state index in [9.17, 15) is 9.90 Å². The fraction of sp³-hybridized carbons (Fsp3) is 0.500. The molecule has 3 nitrogen and oxygen atoms in total. The number of aryl methyl sites for hydroxylation is 2. The van der Waals surface area contributed by atoms with Crippen molar-refractivity contribution in [1.82, 2.24) is 4.90 Å². The maximum absolute atomic E-state index is 12.3. The second kappa shape index (κ2) is 4.49. The summed E-state index contributed by atoms with van der Waals surface area (Å²) >= 11 is 0. The lowest BCUT2D eigenvalue weighted by Gasteiger charge is -2.17. The summed E-state index contributed by atoms with van der Waals surface area (Å²) < 4.78 is 0. The zero-order chi connectivity index (χ0) is 12.6. The van der Waals surface area contributed by atoms with E-state index in [1.165, 1.54) is 0 Å². The Labute approximate surface area is 102 Å². The molecule has 92 valence electrons. The summed E-state index contributed by atoms with van der Waals surface area (Å²) in [6.45, 7) is 7.00. The zero-order valence-electron chi connectivity index (χ0n) is 10.6. The first-order valence-corrected chi connectivity index (χ1v) is 6.03. The van der Waals surface area contributed by atoms with Crippen molar-refractivity contribution >= 4 is 5.91 Å². The summed E-state index contributed by atoms with van der Waals surface area (Å²) in [7, 11) is 0. The van der Waals surface area contributed by atoms with Gasteiger partial charge in [-0.15, -0.1) is 0 Å². The number of hydrogen-bond acceptors (Lipinski definition) is 2. The number of aliphatic hydroxyl groups is 1. The number of amides is 1. The molecular formula is C14H19NO2. The Balaban J connectivity index is 2.23. The number of likely N-dealkylation sites (tertiary alicyclic amines) is 1. The largest absolute Gasteiger partial charge is 0.391 e. The van der Waals surface area contributed by atoms with Crippen LogP contribution in [0.4, 0.5) is 0 Å². The third-order valence-corrected chi connectivity index (χ3v) is 3.48. The van der Waals surface area contributed by atoms with Gasteiger partial charge in [0.1, 0.15) is 0 Å². The summed E-state index contributed by atoms with van der Waals surface area (Å²) in [5.41, 5.74) is 2.84. The summed E-state index contributed by atoms with van der Waals surface area (Å²) in [5.74, 6) is 0.207. The van der Waals surface area contributed by atoms with E-state index >= 15 is 0 Å². The average molecular weight is 233 g/mol. The molecule has 0 radical (unpaired) electrons. The molecule has 0 bridgehead atoms. The lowest BCUT2D eigenvalue weighted by molar-refractivity contribution is 0.0764. The van der Waals surface area contributed by atoms with Crippen LogP contribution in [0.25, 0.3) is 0 Å². The maximum atomic E-state index is 12.3. The van der Waals surface area contributed by atoms with E-state index < -0.39 is 0 Å². The molecule has 0 spiro atoms. The van der Waals surface area contributed by atoms with Crippen LogP contribution in [0.2, 0.25) is 0 Å². The molecule has 1 saturated heterocycles. The summed E-state index contributed by atoms with van der Waals surface area (Å²) in [6.07, 6.45) is -0.385. The number of benzene rings is 1. The molecule has 1 N–H and O–H groups in total.